The number of benzene rings is 1. The molecule has 2 aliphatic rings. The van der Waals surface area contributed by atoms with Gasteiger partial charge in [-0.25, -0.2) is 9.97 Å². The fraction of sp³-hybridized carbons (Fsp3) is 0.481. The van der Waals surface area contributed by atoms with E-state index in [0.29, 0.717) is 53.2 Å². The minimum Gasteiger partial charge on any atom is -0.478 e. The van der Waals surface area contributed by atoms with Gasteiger partial charge in [-0.1, -0.05) is 40.8 Å². The molecular weight excluding hydrogens is 506 g/mol. The average Bonchev–Trinajstić information content (AvgIpc) is 3.52. The molecule has 5 rings (SSSR count). The number of carbonyl (C=O) groups excluding carboxylic acids is 1. The van der Waals surface area contributed by atoms with Crippen LogP contribution in [0.5, 0.6) is 5.88 Å². The highest BCUT2D eigenvalue weighted by Crippen LogP contribution is 2.45. The number of anilines is 1. The standard InChI is InChI=1S/C27H33N5O5S/c1-27(34,19-8-9-19)18-6-4-17(5-7-18)23(32-37-20-12-15-35-16-20)24(33)31-26-29-21-10-11-22(30-25(21)38-26)36-14-3-13-28-2/h4-7,10-11,19-20,28,34H,3,8-9,12-16H2,1-2H3,(H,29,31,33)/b32-23-/t20-,27?/m1/s1. The summed E-state index contributed by atoms with van der Waals surface area (Å²) in [4.78, 5) is 28.7. The van der Waals surface area contributed by atoms with Crippen LogP contribution >= 0.6 is 11.3 Å². The third kappa shape index (κ3) is 6.29. The number of thiazole rings is 1. The number of amides is 1. The van der Waals surface area contributed by atoms with Crippen LogP contribution in [0.15, 0.2) is 41.6 Å². The first-order valence-electron chi connectivity index (χ1n) is 12.9. The van der Waals surface area contributed by atoms with Gasteiger partial charge in [-0.15, -0.1) is 0 Å². The molecule has 3 heterocycles. The molecule has 2 aromatic heterocycles. The molecule has 2 fully saturated rings. The Labute approximate surface area is 225 Å². The van der Waals surface area contributed by atoms with Gasteiger partial charge < -0.3 is 24.7 Å². The summed E-state index contributed by atoms with van der Waals surface area (Å²) in [6.07, 6.45) is 3.41. The Morgan fingerprint density at radius 2 is 2.03 bits per heavy atom. The van der Waals surface area contributed by atoms with Gasteiger partial charge in [0.25, 0.3) is 5.91 Å². The monoisotopic (exact) mass is 539 g/mol. The Balaban J connectivity index is 1.33. The van der Waals surface area contributed by atoms with E-state index in [1.54, 1.807) is 18.2 Å². The number of nitrogens with one attached hydrogen (secondary N) is 2. The Bertz CT molecular complexity index is 1280. The van der Waals surface area contributed by atoms with Crippen molar-refractivity contribution in [3.05, 3.63) is 47.5 Å². The zero-order valence-corrected chi connectivity index (χ0v) is 22.4. The van der Waals surface area contributed by atoms with Crippen molar-refractivity contribution in [2.45, 2.75) is 44.3 Å². The maximum Gasteiger partial charge on any atom is 0.280 e. The van der Waals surface area contributed by atoms with Crippen molar-refractivity contribution in [2.75, 3.05) is 38.7 Å². The van der Waals surface area contributed by atoms with Crippen molar-refractivity contribution in [3.63, 3.8) is 0 Å². The number of nitrogens with zero attached hydrogens (tertiary/aromatic N) is 3. The van der Waals surface area contributed by atoms with E-state index in [4.69, 9.17) is 14.3 Å². The van der Waals surface area contributed by atoms with Crippen molar-refractivity contribution >= 4 is 38.4 Å². The van der Waals surface area contributed by atoms with Crippen molar-refractivity contribution in [2.24, 2.45) is 11.1 Å². The summed E-state index contributed by atoms with van der Waals surface area (Å²) in [7, 11) is 1.90. The van der Waals surface area contributed by atoms with Crippen LogP contribution in [0.2, 0.25) is 0 Å². The molecule has 11 heteroatoms. The summed E-state index contributed by atoms with van der Waals surface area (Å²) in [5, 5.41) is 21.4. The first-order valence-corrected chi connectivity index (χ1v) is 13.8. The van der Waals surface area contributed by atoms with E-state index >= 15 is 0 Å². The molecule has 1 saturated heterocycles. The number of hydrogen-bond acceptors (Lipinski definition) is 10. The van der Waals surface area contributed by atoms with Gasteiger partial charge in [-0.3, -0.25) is 10.1 Å². The quantitative estimate of drug-likeness (QED) is 0.181. The summed E-state index contributed by atoms with van der Waals surface area (Å²) in [5.74, 6) is 0.336. The van der Waals surface area contributed by atoms with Crippen molar-refractivity contribution in [1.29, 1.82) is 0 Å². The first kappa shape index (κ1) is 26.5. The number of aromatic nitrogens is 2. The summed E-state index contributed by atoms with van der Waals surface area (Å²) in [6.45, 7) is 4.30. The lowest BCUT2D eigenvalue weighted by atomic mass is 9.90. The van der Waals surface area contributed by atoms with E-state index < -0.39 is 11.5 Å². The van der Waals surface area contributed by atoms with E-state index in [0.717, 1.165) is 31.4 Å². The average molecular weight is 540 g/mol. The molecule has 1 saturated carbocycles. The van der Waals surface area contributed by atoms with Crippen LogP contribution in [-0.4, -0.2) is 66.2 Å². The molecule has 1 unspecified atom stereocenters. The molecular formula is C27H33N5O5S. The van der Waals surface area contributed by atoms with Crippen LogP contribution in [0.4, 0.5) is 5.13 Å². The molecule has 1 amide bonds. The molecule has 10 nitrogen and oxygen atoms in total. The predicted molar refractivity (Wildman–Crippen MR) is 146 cm³/mol. The first-order chi connectivity index (χ1) is 18.4. The predicted octanol–water partition coefficient (Wildman–Crippen LogP) is 3.45. The summed E-state index contributed by atoms with van der Waals surface area (Å²) in [6, 6.07) is 10.9. The van der Waals surface area contributed by atoms with Crippen LogP contribution in [0.25, 0.3) is 10.3 Å². The fourth-order valence-electron chi connectivity index (χ4n) is 4.31. The highest BCUT2D eigenvalue weighted by atomic mass is 32.1. The molecule has 0 radical (unpaired) electrons. The highest BCUT2D eigenvalue weighted by molar-refractivity contribution is 7.22. The SMILES string of the molecule is CNCCCOc1ccc2nc(NC(=O)/C(=N\O[C@@H]3CCOC3)c3ccc(C(C)(O)C4CC4)cc3)sc2n1. The zero-order chi connectivity index (χ0) is 26.5. The van der Waals surface area contributed by atoms with E-state index in [1.165, 1.54) is 11.3 Å². The largest absolute Gasteiger partial charge is 0.478 e. The fourth-order valence-corrected chi connectivity index (χ4v) is 5.14. The van der Waals surface area contributed by atoms with Gasteiger partial charge in [0.2, 0.25) is 5.88 Å². The van der Waals surface area contributed by atoms with Gasteiger partial charge in [0.1, 0.15) is 10.3 Å². The lowest BCUT2D eigenvalue weighted by Crippen LogP contribution is -2.26. The number of oxime groups is 1. The maximum absolute atomic E-state index is 13.4. The third-order valence-electron chi connectivity index (χ3n) is 6.78. The number of fused-ring (bicyclic) bond motifs is 1. The Hall–Kier alpha value is -3.12. The number of ether oxygens (including phenoxy) is 2. The van der Waals surface area contributed by atoms with Gasteiger partial charge in [0.05, 0.1) is 25.4 Å². The van der Waals surface area contributed by atoms with Gasteiger partial charge in [0, 0.05) is 18.1 Å². The molecule has 38 heavy (non-hydrogen) atoms. The van der Waals surface area contributed by atoms with Gasteiger partial charge >= 0.3 is 0 Å². The van der Waals surface area contributed by atoms with Crippen LogP contribution in [0, 0.1) is 5.92 Å². The Morgan fingerprint density at radius 3 is 2.74 bits per heavy atom. The summed E-state index contributed by atoms with van der Waals surface area (Å²) >= 11 is 1.26. The molecule has 2 atom stereocenters. The molecule has 1 aromatic carbocycles. The number of carbonyl (C=O) groups is 1. The lowest BCUT2D eigenvalue weighted by Gasteiger charge is -2.23. The molecule has 0 spiro atoms. The van der Waals surface area contributed by atoms with Gasteiger partial charge in [-0.05, 0) is 57.3 Å². The molecule has 1 aliphatic carbocycles. The second-order valence-electron chi connectivity index (χ2n) is 9.78. The number of hydrogen-bond donors (Lipinski definition) is 3. The number of pyridine rings is 1. The number of rotatable bonds is 12. The topological polar surface area (TPSA) is 127 Å². The second kappa shape index (κ2) is 11.7. The molecule has 1 aliphatic heterocycles. The second-order valence-corrected chi connectivity index (χ2v) is 10.8. The van der Waals surface area contributed by atoms with E-state index in [-0.39, 0.29) is 17.7 Å². The van der Waals surface area contributed by atoms with E-state index in [1.807, 2.05) is 32.2 Å². The Morgan fingerprint density at radius 1 is 1.21 bits per heavy atom. The van der Waals surface area contributed by atoms with Crippen molar-refractivity contribution < 1.29 is 24.2 Å². The van der Waals surface area contributed by atoms with Crippen molar-refractivity contribution in [1.82, 2.24) is 15.3 Å². The molecule has 3 aromatic rings. The smallest absolute Gasteiger partial charge is 0.280 e. The molecule has 3 N–H and O–H groups in total. The van der Waals surface area contributed by atoms with Crippen molar-refractivity contribution in [3.8, 4) is 5.88 Å². The highest BCUT2D eigenvalue weighted by Gasteiger charge is 2.41. The maximum atomic E-state index is 13.4. The summed E-state index contributed by atoms with van der Waals surface area (Å²) in [5.41, 5.74) is 1.29. The molecule has 202 valence electrons. The summed E-state index contributed by atoms with van der Waals surface area (Å²) < 4.78 is 11.1. The van der Waals surface area contributed by atoms with Gasteiger partial charge in [0.15, 0.2) is 16.9 Å². The van der Waals surface area contributed by atoms with E-state index in [9.17, 15) is 9.90 Å². The van der Waals surface area contributed by atoms with Gasteiger partial charge in [-0.2, -0.15) is 0 Å². The van der Waals surface area contributed by atoms with E-state index in [2.05, 4.69) is 25.8 Å². The van der Waals surface area contributed by atoms with Crippen LogP contribution in [0.3, 0.4) is 0 Å². The van der Waals surface area contributed by atoms with Crippen LogP contribution in [-0.2, 0) is 20.0 Å². The van der Waals surface area contributed by atoms with Crippen LogP contribution < -0.4 is 15.4 Å². The zero-order valence-electron chi connectivity index (χ0n) is 21.6. The Kier molecular flexibility index (Phi) is 8.18. The normalized spacial score (nSPS) is 19.3. The number of aliphatic hydroxyl groups is 1. The van der Waals surface area contributed by atoms with Crippen LogP contribution in [0.1, 0.15) is 43.7 Å². The minimum atomic E-state index is -0.890. The minimum absolute atomic E-state index is 0.121. The molecule has 0 bridgehead atoms. The third-order valence-corrected chi connectivity index (χ3v) is 7.66. The lowest BCUT2D eigenvalue weighted by molar-refractivity contribution is -0.110.